The van der Waals surface area contributed by atoms with Crippen LogP contribution in [0.15, 0.2) is 42.5 Å². The predicted molar refractivity (Wildman–Crippen MR) is 118 cm³/mol. The first-order chi connectivity index (χ1) is 14.8. The third-order valence-electron chi connectivity index (χ3n) is 5.55. The van der Waals surface area contributed by atoms with E-state index >= 15 is 0 Å². The second-order valence-corrected chi connectivity index (χ2v) is 8.34. The van der Waals surface area contributed by atoms with Crippen LogP contribution in [0.5, 0.6) is 0 Å². The average molecular weight is 430 g/mol. The van der Waals surface area contributed by atoms with E-state index in [1.54, 1.807) is 26.0 Å². The van der Waals surface area contributed by atoms with Gasteiger partial charge in [0, 0.05) is 17.4 Å². The molecule has 1 aliphatic rings. The van der Waals surface area contributed by atoms with Crippen molar-refractivity contribution < 1.29 is 18.4 Å². The first kappa shape index (κ1) is 22.7. The first-order valence-corrected chi connectivity index (χ1v) is 10.8. The van der Waals surface area contributed by atoms with Crippen molar-refractivity contribution in [3.8, 4) is 0 Å². The Labute approximate surface area is 181 Å². The molecule has 1 atom stereocenters. The highest BCUT2D eigenvalue weighted by molar-refractivity contribution is 6.01. The molecule has 0 saturated heterocycles. The molecule has 3 rings (SSSR count). The summed E-state index contributed by atoms with van der Waals surface area (Å²) in [4.78, 5) is 25.2. The molecule has 1 saturated carbocycles. The average Bonchev–Trinajstić information content (AvgIpc) is 2.74. The van der Waals surface area contributed by atoms with Crippen LogP contribution in [0.4, 0.5) is 20.2 Å². The SMILES string of the molecule is CC(C)C(NC(=O)c1c(F)cccc1F)C(=O)Nc1ccc(NC2CCCCC2)cc1. The van der Waals surface area contributed by atoms with Crippen LogP contribution >= 0.6 is 0 Å². The van der Waals surface area contributed by atoms with Gasteiger partial charge in [0.2, 0.25) is 5.91 Å². The summed E-state index contributed by atoms with van der Waals surface area (Å²) < 4.78 is 27.8. The number of carbonyl (C=O) groups is 2. The number of carbonyl (C=O) groups excluding carboxylic acids is 2. The lowest BCUT2D eigenvalue weighted by molar-refractivity contribution is -0.118. The molecule has 0 radical (unpaired) electrons. The Morgan fingerprint density at radius 3 is 2.06 bits per heavy atom. The maximum Gasteiger partial charge on any atom is 0.257 e. The minimum Gasteiger partial charge on any atom is -0.382 e. The molecule has 0 aliphatic heterocycles. The molecule has 31 heavy (non-hydrogen) atoms. The van der Waals surface area contributed by atoms with Gasteiger partial charge in [0.1, 0.15) is 23.2 Å². The lowest BCUT2D eigenvalue weighted by Gasteiger charge is -2.24. The van der Waals surface area contributed by atoms with Gasteiger partial charge >= 0.3 is 0 Å². The third kappa shape index (κ3) is 6.03. The van der Waals surface area contributed by atoms with E-state index in [1.807, 2.05) is 12.1 Å². The smallest absolute Gasteiger partial charge is 0.257 e. The molecule has 1 unspecified atom stereocenters. The minimum atomic E-state index is -0.971. The third-order valence-corrected chi connectivity index (χ3v) is 5.55. The zero-order chi connectivity index (χ0) is 22.4. The highest BCUT2D eigenvalue weighted by Crippen LogP contribution is 2.23. The molecule has 0 heterocycles. The molecule has 3 N–H and O–H groups in total. The number of hydrogen-bond acceptors (Lipinski definition) is 3. The van der Waals surface area contributed by atoms with Crippen LogP contribution < -0.4 is 16.0 Å². The van der Waals surface area contributed by atoms with Gasteiger partial charge in [0.25, 0.3) is 5.91 Å². The summed E-state index contributed by atoms with van der Waals surface area (Å²) in [5, 5.41) is 8.74. The van der Waals surface area contributed by atoms with Crippen molar-refractivity contribution in [1.82, 2.24) is 5.32 Å². The summed E-state index contributed by atoms with van der Waals surface area (Å²) in [7, 11) is 0. The molecule has 2 amide bonds. The highest BCUT2D eigenvalue weighted by Gasteiger charge is 2.27. The number of halogens is 2. The first-order valence-electron chi connectivity index (χ1n) is 10.8. The Hall–Kier alpha value is -2.96. The quantitative estimate of drug-likeness (QED) is 0.573. The number of rotatable bonds is 7. The zero-order valence-corrected chi connectivity index (χ0v) is 17.9. The van der Waals surface area contributed by atoms with Gasteiger partial charge in [-0.25, -0.2) is 8.78 Å². The Kier molecular flexibility index (Phi) is 7.60. The van der Waals surface area contributed by atoms with E-state index in [1.165, 1.54) is 25.3 Å². The van der Waals surface area contributed by atoms with E-state index < -0.39 is 35.1 Å². The van der Waals surface area contributed by atoms with Crippen LogP contribution in [0, 0.1) is 17.6 Å². The lowest BCUT2D eigenvalue weighted by Crippen LogP contribution is -2.47. The second-order valence-electron chi connectivity index (χ2n) is 8.34. The molecular formula is C24H29F2N3O2. The molecule has 2 aromatic rings. The molecule has 0 bridgehead atoms. The van der Waals surface area contributed by atoms with Crippen LogP contribution in [-0.2, 0) is 4.79 Å². The van der Waals surface area contributed by atoms with Crippen molar-refractivity contribution in [2.24, 2.45) is 5.92 Å². The molecule has 166 valence electrons. The second kappa shape index (κ2) is 10.4. The Morgan fingerprint density at radius 1 is 0.903 bits per heavy atom. The summed E-state index contributed by atoms with van der Waals surface area (Å²) in [5.74, 6) is -3.64. The molecule has 2 aromatic carbocycles. The number of nitrogens with one attached hydrogen (secondary N) is 3. The standard InChI is InChI=1S/C24H29F2N3O2/c1-15(2)22(29-23(30)21-19(25)9-6-10-20(21)26)24(31)28-18-13-11-17(12-14-18)27-16-7-4-3-5-8-16/h6,9-16,22,27H,3-5,7-8H2,1-2H3,(H,28,31)(H,29,30). The van der Waals surface area contributed by atoms with Gasteiger partial charge in [0.05, 0.1) is 0 Å². The molecule has 1 aliphatic carbocycles. The molecule has 7 heteroatoms. The highest BCUT2D eigenvalue weighted by atomic mass is 19.1. The Balaban J connectivity index is 1.63. The van der Waals surface area contributed by atoms with Gasteiger partial charge in [-0.1, -0.05) is 39.2 Å². The van der Waals surface area contributed by atoms with E-state index in [9.17, 15) is 18.4 Å². The summed E-state index contributed by atoms with van der Waals surface area (Å²) >= 11 is 0. The van der Waals surface area contributed by atoms with E-state index in [-0.39, 0.29) is 5.92 Å². The minimum absolute atomic E-state index is 0.286. The van der Waals surface area contributed by atoms with Crippen molar-refractivity contribution in [3.05, 3.63) is 59.7 Å². The number of amides is 2. The fraction of sp³-hybridized carbons (Fsp3) is 0.417. The normalized spacial score (nSPS) is 15.4. The van der Waals surface area contributed by atoms with E-state index in [0.29, 0.717) is 11.7 Å². The summed E-state index contributed by atoms with van der Waals surface area (Å²) in [6, 6.07) is 10.1. The number of benzene rings is 2. The van der Waals surface area contributed by atoms with Crippen LogP contribution in [-0.4, -0.2) is 23.9 Å². The van der Waals surface area contributed by atoms with E-state index in [4.69, 9.17) is 0 Å². The molecule has 5 nitrogen and oxygen atoms in total. The van der Waals surface area contributed by atoms with Crippen molar-refractivity contribution in [3.63, 3.8) is 0 Å². The molecule has 0 spiro atoms. The number of anilines is 2. The van der Waals surface area contributed by atoms with Crippen molar-refractivity contribution in [2.45, 2.75) is 58.0 Å². The van der Waals surface area contributed by atoms with Gasteiger partial charge in [-0.2, -0.15) is 0 Å². The molecular weight excluding hydrogens is 400 g/mol. The Bertz CT molecular complexity index is 889. The Morgan fingerprint density at radius 2 is 1.48 bits per heavy atom. The van der Waals surface area contributed by atoms with Crippen LogP contribution in [0.3, 0.4) is 0 Å². The predicted octanol–water partition coefficient (Wildman–Crippen LogP) is 5.10. The monoisotopic (exact) mass is 429 g/mol. The van der Waals surface area contributed by atoms with Crippen molar-refractivity contribution >= 4 is 23.2 Å². The van der Waals surface area contributed by atoms with Crippen LogP contribution in [0.1, 0.15) is 56.3 Å². The molecule has 0 aromatic heterocycles. The largest absolute Gasteiger partial charge is 0.382 e. The zero-order valence-electron chi connectivity index (χ0n) is 17.9. The summed E-state index contributed by atoms with van der Waals surface area (Å²) in [6.07, 6.45) is 6.10. The van der Waals surface area contributed by atoms with E-state index in [0.717, 1.165) is 30.7 Å². The van der Waals surface area contributed by atoms with Crippen molar-refractivity contribution in [1.29, 1.82) is 0 Å². The summed E-state index contributed by atoms with van der Waals surface area (Å²) in [6.45, 7) is 3.50. The van der Waals surface area contributed by atoms with Gasteiger partial charge < -0.3 is 16.0 Å². The maximum absolute atomic E-state index is 13.9. The number of hydrogen-bond donors (Lipinski definition) is 3. The van der Waals surface area contributed by atoms with Crippen LogP contribution in [0.2, 0.25) is 0 Å². The van der Waals surface area contributed by atoms with E-state index in [2.05, 4.69) is 16.0 Å². The maximum atomic E-state index is 13.9. The molecule has 1 fully saturated rings. The topological polar surface area (TPSA) is 70.2 Å². The van der Waals surface area contributed by atoms with Gasteiger partial charge in [-0.15, -0.1) is 0 Å². The van der Waals surface area contributed by atoms with Gasteiger partial charge in [-0.05, 0) is 55.2 Å². The van der Waals surface area contributed by atoms with Gasteiger partial charge in [0.15, 0.2) is 0 Å². The fourth-order valence-electron chi connectivity index (χ4n) is 3.82. The van der Waals surface area contributed by atoms with Crippen LogP contribution in [0.25, 0.3) is 0 Å². The van der Waals surface area contributed by atoms with Gasteiger partial charge in [-0.3, -0.25) is 9.59 Å². The van der Waals surface area contributed by atoms with Crippen molar-refractivity contribution in [2.75, 3.05) is 10.6 Å². The lowest BCUT2D eigenvalue weighted by atomic mass is 9.95. The fourth-order valence-corrected chi connectivity index (χ4v) is 3.82. The summed E-state index contributed by atoms with van der Waals surface area (Å²) in [5.41, 5.74) is 0.879.